The fraction of sp³-hybridized carbons (Fsp3) is 0.552. The molecular formula is C29H52F2N2O. The lowest BCUT2D eigenvalue weighted by Crippen LogP contribution is -2.08. The van der Waals surface area contributed by atoms with Crippen LogP contribution in [-0.4, -0.2) is 26.2 Å². The van der Waals surface area contributed by atoms with Gasteiger partial charge in [0.15, 0.2) is 0 Å². The Morgan fingerprint density at radius 2 is 1.68 bits per heavy atom. The Balaban J connectivity index is -0.000000267. The third-order valence-corrected chi connectivity index (χ3v) is 4.84. The average molecular weight is 483 g/mol. The number of rotatable bonds is 11. The van der Waals surface area contributed by atoms with Crippen molar-refractivity contribution in [3.8, 4) is 0 Å². The predicted octanol–water partition coefficient (Wildman–Crippen LogP) is 9.98. The highest BCUT2D eigenvalue weighted by molar-refractivity contribution is 5.95. The quantitative estimate of drug-likeness (QED) is 0.193. The van der Waals surface area contributed by atoms with Crippen LogP contribution < -0.4 is 5.32 Å². The van der Waals surface area contributed by atoms with Gasteiger partial charge in [0.05, 0.1) is 24.9 Å². The van der Waals surface area contributed by atoms with Gasteiger partial charge in [-0.05, 0) is 44.4 Å². The molecule has 5 heteroatoms. The third kappa shape index (κ3) is 16.2. The number of nitrogens with one attached hydrogen (secondary N) is 1. The van der Waals surface area contributed by atoms with E-state index in [1.165, 1.54) is 32.6 Å². The zero-order valence-electron chi connectivity index (χ0n) is 22.8. The number of allylic oxidation sites excluding steroid dienone is 2. The summed E-state index contributed by atoms with van der Waals surface area (Å²) in [5.41, 5.74) is 2.94. The Kier molecular flexibility index (Phi) is 21.0. The van der Waals surface area contributed by atoms with Gasteiger partial charge in [0.25, 0.3) is 0 Å². The molecule has 0 fully saturated rings. The van der Waals surface area contributed by atoms with Gasteiger partial charge in [0, 0.05) is 27.1 Å². The van der Waals surface area contributed by atoms with Crippen LogP contribution in [0.25, 0.3) is 11.8 Å². The summed E-state index contributed by atoms with van der Waals surface area (Å²) in [6.07, 6.45) is 9.25. The third-order valence-electron chi connectivity index (χ3n) is 4.84. The molecule has 0 saturated carbocycles. The molecule has 1 aromatic rings. The lowest BCUT2D eigenvalue weighted by molar-refractivity contribution is 0.308. The van der Waals surface area contributed by atoms with Gasteiger partial charge >= 0.3 is 0 Å². The van der Waals surface area contributed by atoms with Crippen molar-refractivity contribution in [2.45, 2.75) is 74.1 Å². The summed E-state index contributed by atoms with van der Waals surface area (Å²) in [6.45, 7) is 20.6. The number of nitrogens with zero attached hydrogens (tertiary/aromatic N) is 1. The normalized spacial score (nSPS) is 11.3. The SMILES string of the molecule is C=Cc1ccc(/C(=C/C)OC(=C)C)cc1NC(C)=NC.CC(CF)CF.CCCC(C)CCC.[HH].[HH]. The molecule has 0 saturated heterocycles. The van der Waals surface area contributed by atoms with Crippen LogP contribution in [0.4, 0.5) is 14.5 Å². The van der Waals surface area contributed by atoms with E-state index in [1.54, 1.807) is 7.05 Å². The number of hydrogen-bond acceptors (Lipinski definition) is 2. The number of aliphatic imine (C=N–C) groups is 1. The van der Waals surface area contributed by atoms with Gasteiger partial charge in [-0.2, -0.15) is 0 Å². The second-order valence-electron chi connectivity index (χ2n) is 8.49. The molecule has 3 nitrogen and oxygen atoms in total. The van der Waals surface area contributed by atoms with Crippen LogP contribution in [0.15, 0.2) is 48.2 Å². The van der Waals surface area contributed by atoms with E-state index in [9.17, 15) is 8.78 Å². The van der Waals surface area contributed by atoms with E-state index in [0.29, 0.717) is 5.76 Å². The van der Waals surface area contributed by atoms with E-state index in [4.69, 9.17) is 4.74 Å². The van der Waals surface area contributed by atoms with Crippen molar-refractivity contribution < 1.29 is 16.4 Å². The monoisotopic (exact) mass is 482 g/mol. The molecule has 0 aromatic heterocycles. The summed E-state index contributed by atoms with van der Waals surface area (Å²) in [5.74, 6) is 2.84. The maximum Gasteiger partial charge on any atom is 0.129 e. The molecule has 0 aliphatic rings. The zero-order chi connectivity index (χ0) is 26.5. The van der Waals surface area contributed by atoms with E-state index in [1.807, 2.05) is 51.1 Å². The van der Waals surface area contributed by atoms with Crippen LogP contribution in [0.2, 0.25) is 0 Å². The minimum absolute atomic E-state index is 0. The maximum absolute atomic E-state index is 11.1. The summed E-state index contributed by atoms with van der Waals surface area (Å²) in [5, 5.41) is 3.26. The summed E-state index contributed by atoms with van der Waals surface area (Å²) in [7, 11) is 1.75. The molecule has 1 aromatic carbocycles. The van der Waals surface area contributed by atoms with Crippen molar-refractivity contribution in [2.75, 3.05) is 25.7 Å². The number of anilines is 1. The van der Waals surface area contributed by atoms with E-state index < -0.39 is 19.3 Å². The topological polar surface area (TPSA) is 33.6 Å². The molecule has 1 rings (SSSR count). The molecule has 198 valence electrons. The summed E-state index contributed by atoms with van der Waals surface area (Å²) in [4.78, 5) is 4.11. The Morgan fingerprint density at radius 1 is 1.12 bits per heavy atom. The lowest BCUT2D eigenvalue weighted by atomic mass is 10.0. The van der Waals surface area contributed by atoms with E-state index in [0.717, 1.165) is 34.3 Å². The van der Waals surface area contributed by atoms with Gasteiger partial charge < -0.3 is 10.1 Å². The standard InChI is InChI=1S/C17H22N2O.C8H18.C4H8F2.2H2/c1-7-14-9-10-15(17(8-2)20-12(3)4)11-16(14)19-13(5)18-6;1-4-6-8(3)7-5-2;1-4(2-5)3-6;;/h7-11H,1,3H2,2,4-6H3,(H,18,19);8H,4-7H2,1-3H3;4H,2-3H2,1H3;2*1H/b17-8-;;;;. The summed E-state index contributed by atoms with van der Waals surface area (Å²) >= 11 is 0. The second kappa shape index (κ2) is 21.1. The Hall–Kier alpha value is -2.43. The van der Waals surface area contributed by atoms with Crippen LogP contribution in [0, 0.1) is 11.8 Å². The first kappa shape index (κ1) is 33.7. The van der Waals surface area contributed by atoms with Crippen molar-refractivity contribution in [2.24, 2.45) is 16.8 Å². The lowest BCUT2D eigenvalue weighted by Gasteiger charge is -2.14. The molecule has 0 spiro atoms. The van der Waals surface area contributed by atoms with E-state index in [2.05, 4.69) is 44.2 Å². The van der Waals surface area contributed by atoms with Crippen LogP contribution in [0.5, 0.6) is 0 Å². The van der Waals surface area contributed by atoms with Crippen LogP contribution in [-0.2, 0) is 4.74 Å². The number of alkyl halides is 2. The molecule has 1 N–H and O–H groups in total. The second-order valence-corrected chi connectivity index (χ2v) is 8.49. The van der Waals surface area contributed by atoms with E-state index >= 15 is 0 Å². The molecule has 0 heterocycles. The Morgan fingerprint density at radius 3 is 2.03 bits per heavy atom. The van der Waals surface area contributed by atoms with E-state index in [-0.39, 0.29) is 2.85 Å². The average Bonchev–Trinajstić information content (AvgIpc) is 2.82. The van der Waals surface area contributed by atoms with Gasteiger partial charge in [-0.1, -0.05) is 84.7 Å². The highest BCUT2D eigenvalue weighted by Gasteiger charge is 2.07. The smallest absolute Gasteiger partial charge is 0.129 e. The Bertz CT molecular complexity index is 758. The first-order valence-electron chi connectivity index (χ1n) is 12.2. The van der Waals surface area contributed by atoms with Crippen molar-refractivity contribution >= 4 is 23.4 Å². The van der Waals surface area contributed by atoms with Crippen LogP contribution in [0.1, 0.15) is 88.1 Å². The molecule has 0 aliphatic carbocycles. The predicted molar refractivity (Wildman–Crippen MR) is 153 cm³/mol. The Labute approximate surface area is 211 Å². The number of halogens is 2. The van der Waals surface area contributed by atoms with Crippen LogP contribution >= 0.6 is 0 Å². The number of benzene rings is 1. The highest BCUT2D eigenvalue weighted by atomic mass is 19.1. The zero-order valence-corrected chi connectivity index (χ0v) is 22.8. The van der Waals surface area contributed by atoms with Crippen molar-refractivity contribution in [1.29, 1.82) is 0 Å². The van der Waals surface area contributed by atoms with Gasteiger partial charge in [0.1, 0.15) is 5.76 Å². The van der Waals surface area contributed by atoms with Gasteiger partial charge in [-0.25, -0.2) is 0 Å². The summed E-state index contributed by atoms with van der Waals surface area (Å²) < 4.78 is 27.9. The number of hydrogen-bond donors (Lipinski definition) is 1. The van der Waals surface area contributed by atoms with Gasteiger partial charge in [-0.15, -0.1) is 0 Å². The molecule has 0 unspecified atom stereocenters. The van der Waals surface area contributed by atoms with Crippen molar-refractivity contribution in [3.63, 3.8) is 0 Å². The largest absolute Gasteiger partial charge is 0.462 e. The molecule has 0 radical (unpaired) electrons. The molecular weight excluding hydrogens is 430 g/mol. The maximum atomic E-state index is 11.1. The van der Waals surface area contributed by atoms with Gasteiger partial charge in [0.2, 0.25) is 0 Å². The first-order chi connectivity index (χ1) is 16.1. The fourth-order valence-electron chi connectivity index (χ4n) is 2.89. The number of amidine groups is 1. The van der Waals surface area contributed by atoms with Crippen molar-refractivity contribution in [1.82, 2.24) is 0 Å². The molecule has 34 heavy (non-hydrogen) atoms. The molecule has 0 atom stereocenters. The fourth-order valence-corrected chi connectivity index (χ4v) is 2.89. The molecule has 0 amide bonds. The minimum Gasteiger partial charge on any atom is -0.462 e. The first-order valence-corrected chi connectivity index (χ1v) is 12.2. The highest BCUT2D eigenvalue weighted by Crippen LogP contribution is 2.25. The van der Waals surface area contributed by atoms with Gasteiger partial charge in [-0.3, -0.25) is 13.8 Å². The summed E-state index contributed by atoms with van der Waals surface area (Å²) in [6, 6.07) is 6.02. The van der Waals surface area contributed by atoms with Crippen LogP contribution in [0.3, 0.4) is 0 Å². The molecule has 0 aliphatic heterocycles. The molecule has 0 bridgehead atoms. The minimum atomic E-state index is -0.545. The number of ether oxygens (including phenoxy) is 1. The van der Waals surface area contributed by atoms with Crippen molar-refractivity contribution in [3.05, 3.63) is 54.3 Å².